The van der Waals surface area contributed by atoms with Crippen LogP contribution in [0.4, 0.5) is 10.5 Å². The highest BCUT2D eigenvalue weighted by Crippen LogP contribution is 2.45. The molecule has 0 aromatic heterocycles. The van der Waals surface area contributed by atoms with Crippen molar-refractivity contribution in [3.05, 3.63) is 53.1 Å². The average Bonchev–Trinajstić information content (AvgIpc) is 3.22. The van der Waals surface area contributed by atoms with E-state index in [1.54, 1.807) is 61.2 Å². The minimum atomic E-state index is -0.301. The molecule has 2 saturated heterocycles. The molecule has 2 aliphatic rings. The van der Waals surface area contributed by atoms with E-state index in [0.29, 0.717) is 60.2 Å². The van der Waals surface area contributed by atoms with Crippen LogP contribution in [0.5, 0.6) is 11.5 Å². The highest BCUT2D eigenvalue weighted by molar-refractivity contribution is 8.00. The van der Waals surface area contributed by atoms with Crippen molar-refractivity contribution in [1.82, 2.24) is 9.80 Å². The zero-order chi connectivity index (χ0) is 22.7. The Kier molecular flexibility index (Phi) is 6.71. The zero-order valence-electron chi connectivity index (χ0n) is 18.1. The third-order valence-electron chi connectivity index (χ3n) is 6.01. The van der Waals surface area contributed by atoms with Gasteiger partial charge in [-0.2, -0.15) is 0 Å². The van der Waals surface area contributed by atoms with Crippen molar-refractivity contribution in [2.45, 2.75) is 17.7 Å². The van der Waals surface area contributed by atoms with Gasteiger partial charge in [0, 0.05) is 31.5 Å². The number of carbonyl (C=O) groups excluding carboxylic acids is 2. The maximum absolute atomic E-state index is 13.2. The summed E-state index contributed by atoms with van der Waals surface area (Å²) in [7, 11) is 3.13. The zero-order valence-corrected chi connectivity index (χ0v) is 19.7. The molecule has 0 radical (unpaired) electrons. The highest BCUT2D eigenvalue weighted by Gasteiger charge is 2.47. The van der Waals surface area contributed by atoms with Crippen LogP contribution in [-0.4, -0.2) is 66.2 Å². The second kappa shape index (κ2) is 9.50. The van der Waals surface area contributed by atoms with Gasteiger partial charge >= 0.3 is 6.03 Å². The van der Waals surface area contributed by atoms with Crippen LogP contribution in [0.3, 0.4) is 0 Å². The molecule has 32 heavy (non-hydrogen) atoms. The van der Waals surface area contributed by atoms with Crippen molar-refractivity contribution in [3.8, 4) is 11.5 Å². The molecular weight excluding hydrogens is 450 g/mol. The van der Waals surface area contributed by atoms with Crippen LogP contribution in [0.1, 0.15) is 23.2 Å². The maximum Gasteiger partial charge on any atom is 0.321 e. The Morgan fingerprint density at radius 2 is 1.81 bits per heavy atom. The summed E-state index contributed by atoms with van der Waals surface area (Å²) in [6.07, 6.45) is 1.42. The molecular formula is C23H26ClN3O4S. The molecule has 4 rings (SSSR count). The molecule has 1 spiro atoms. The van der Waals surface area contributed by atoms with Gasteiger partial charge in [-0.15, -0.1) is 11.8 Å². The Morgan fingerprint density at radius 3 is 2.50 bits per heavy atom. The van der Waals surface area contributed by atoms with Gasteiger partial charge in [-0.1, -0.05) is 23.7 Å². The second-order valence-corrected chi connectivity index (χ2v) is 9.58. The van der Waals surface area contributed by atoms with Gasteiger partial charge in [0.15, 0.2) is 0 Å². The van der Waals surface area contributed by atoms with Crippen LogP contribution in [0.15, 0.2) is 42.5 Å². The molecule has 2 fully saturated rings. The van der Waals surface area contributed by atoms with Gasteiger partial charge in [0.25, 0.3) is 5.91 Å². The molecule has 9 heteroatoms. The number of hydrogen-bond acceptors (Lipinski definition) is 5. The predicted octanol–water partition coefficient (Wildman–Crippen LogP) is 4.57. The molecule has 2 aromatic carbocycles. The third-order valence-corrected chi connectivity index (χ3v) is 7.89. The van der Waals surface area contributed by atoms with Crippen LogP contribution in [0.25, 0.3) is 0 Å². The number of halogens is 1. The van der Waals surface area contributed by atoms with Crippen LogP contribution in [0, 0.1) is 0 Å². The molecule has 3 amide bonds. The number of piperidine rings is 1. The van der Waals surface area contributed by atoms with Gasteiger partial charge in [-0.3, -0.25) is 4.79 Å². The van der Waals surface area contributed by atoms with Gasteiger partial charge in [0.1, 0.15) is 11.5 Å². The lowest BCUT2D eigenvalue weighted by molar-refractivity contribution is 0.0586. The normalized spacial score (nSPS) is 17.3. The number of nitrogens with zero attached hydrogens (tertiary/aromatic N) is 2. The number of hydrogen-bond donors (Lipinski definition) is 1. The fourth-order valence-electron chi connectivity index (χ4n) is 4.24. The first-order valence-corrected chi connectivity index (χ1v) is 11.8. The first-order valence-electron chi connectivity index (χ1n) is 10.5. The van der Waals surface area contributed by atoms with E-state index < -0.39 is 0 Å². The van der Waals surface area contributed by atoms with Crippen LogP contribution in [0.2, 0.25) is 5.02 Å². The van der Waals surface area contributed by atoms with Gasteiger partial charge < -0.3 is 24.6 Å². The summed E-state index contributed by atoms with van der Waals surface area (Å²) >= 11 is 8.08. The number of likely N-dealkylation sites (tertiary alicyclic amines) is 1. The quantitative estimate of drug-likeness (QED) is 0.701. The minimum Gasteiger partial charge on any atom is -0.497 e. The molecule has 0 atom stereocenters. The lowest BCUT2D eigenvalue weighted by atomic mass is 10.0. The number of anilines is 1. The van der Waals surface area contributed by atoms with Crippen molar-refractivity contribution in [1.29, 1.82) is 0 Å². The fourth-order valence-corrected chi connectivity index (χ4v) is 5.92. The number of ether oxygens (including phenoxy) is 2. The van der Waals surface area contributed by atoms with E-state index in [1.165, 1.54) is 0 Å². The lowest BCUT2D eigenvalue weighted by Gasteiger charge is -2.44. The summed E-state index contributed by atoms with van der Waals surface area (Å²) in [5.74, 6) is 2.03. The van der Waals surface area contributed by atoms with Gasteiger partial charge in [0.2, 0.25) is 0 Å². The largest absolute Gasteiger partial charge is 0.497 e. The van der Waals surface area contributed by atoms with Gasteiger partial charge in [-0.25, -0.2) is 4.79 Å². The molecule has 0 aliphatic carbocycles. The Balaban J connectivity index is 1.42. The number of thioether (sulfide) groups is 1. The first kappa shape index (κ1) is 22.6. The Hall–Kier alpha value is -2.58. The fraction of sp³-hybridized carbons (Fsp3) is 0.391. The summed E-state index contributed by atoms with van der Waals surface area (Å²) in [4.78, 5) is 29.6. The average molecular weight is 476 g/mol. The third kappa shape index (κ3) is 4.34. The van der Waals surface area contributed by atoms with Crippen molar-refractivity contribution >= 4 is 41.0 Å². The van der Waals surface area contributed by atoms with Gasteiger partial charge in [-0.05, 0) is 37.1 Å². The smallest absolute Gasteiger partial charge is 0.321 e. The summed E-state index contributed by atoms with van der Waals surface area (Å²) in [6, 6.07) is 12.2. The molecule has 2 aromatic rings. The van der Waals surface area contributed by atoms with E-state index in [0.717, 1.165) is 5.75 Å². The second-order valence-electron chi connectivity index (χ2n) is 7.71. The van der Waals surface area contributed by atoms with E-state index in [9.17, 15) is 9.59 Å². The van der Waals surface area contributed by atoms with Crippen molar-refractivity contribution in [2.75, 3.05) is 44.9 Å². The van der Waals surface area contributed by atoms with E-state index in [4.69, 9.17) is 21.1 Å². The summed E-state index contributed by atoms with van der Waals surface area (Å²) < 4.78 is 10.6. The van der Waals surface area contributed by atoms with Crippen LogP contribution < -0.4 is 14.8 Å². The SMILES string of the molecule is COc1ccc(NC(=O)N2CCC3(CC2)SCCN3C(=O)c2ccccc2Cl)c(OC)c1. The molecule has 0 bridgehead atoms. The first-order chi connectivity index (χ1) is 15.5. The number of methoxy groups -OCH3 is 2. The standard InChI is InChI=1S/C23H26ClN3O4S/c1-30-16-7-8-19(20(15-16)31-2)25-22(29)26-11-9-23(10-12-26)27(13-14-32-23)21(28)17-5-3-4-6-18(17)24/h3-8,15H,9-14H2,1-2H3,(H,25,29). The number of carbonyl (C=O) groups is 2. The molecule has 170 valence electrons. The molecule has 0 saturated carbocycles. The highest BCUT2D eigenvalue weighted by atomic mass is 35.5. The van der Waals surface area contributed by atoms with E-state index in [1.807, 2.05) is 17.0 Å². The molecule has 2 heterocycles. The Bertz CT molecular complexity index is 1010. The Labute approximate surface area is 197 Å². The summed E-state index contributed by atoms with van der Waals surface area (Å²) in [5, 5.41) is 3.40. The number of amides is 3. The Morgan fingerprint density at radius 1 is 1.06 bits per heavy atom. The van der Waals surface area contributed by atoms with Gasteiger partial charge in [0.05, 0.1) is 35.4 Å². The molecule has 0 unspecified atom stereocenters. The van der Waals surface area contributed by atoms with Crippen molar-refractivity contribution in [3.63, 3.8) is 0 Å². The monoisotopic (exact) mass is 475 g/mol. The summed E-state index contributed by atoms with van der Waals surface area (Å²) in [6.45, 7) is 1.80. The number of urea groups is 1. The topological polar surface area (TPSA) is 71.1 Å². The minimum absolute atomic E-state index is 0.0403. The van der Waals surface area contributed by atoms with Crippen LogP contribution in [-0.2, 0) is 0 Å². The number of rotatable bonds is 4. The predicted molar refractivity (Wildman–Crippen MR) is 127 cm³/mol. The number of benzene rings is 2. The summed E-state index contributed by atoms with van der Waals surface area (Å²) in [5.41, 5.74) is 1.12. The van der Waals surface area contributed by atoms with E-state index >= 15 is 0 Å². The van der Waals surface area contributed by atoms with Crippen molar-refractivity contribution in [2.24, 2.45) is 0 Å². The van der Waals surface area contributed by atoms with E-state index in [2.05, 4.69) is 5.32 Å². The number of nitrogens with one attached hydrogen (secondary N) is 1. The van der Waals surface area contributed by atoms with Crippen LogP contribution >= 0.6 is 23.4 Å². The lowest BCUT2D eigenvalue weighted by Crippen LogP contribution is -2.54. The van der Waals surface area contributed by atoms with E-state index in [-0.39, 0.29) is 16.8 Å². The molecule has 1 N–H and O–H groups in total. The maximum atomic E-state index is 13.2. The molecule has 7 nitrogen and oxygen atoms in total. The van der Waals surface area contributed by atoms with Crippen molar-refractivity contribution < 1.29 is 19.1 Å². The molecule has 2 aliphatic heterocycles.